The van der Waals surface area contributed by atoms with Gasteiger partial charge in [-0.3, -0.25) is 14.6 Å². The molecule has 0 aliphatic carbocycles. The third-order valence-electron chi connectivity index (χ3n) is 6.15. The van der Waals surface area contributed by atoms with Crippen molar-refractivity contribution in [3.05, 3.63) is 90.3 Å². The van der Waals surface area contributed by atoms with Crippen molar-refractivity contribution in [2.45, 2.75) is 50.7 Å². The summed E-state index contributed by atoms with van der Waals surface area (Å²) in [5.41, 5.74) is 1.72. The summed E-state index contributed by atoms with van der Waals surface area (Å²) >= 11 is 0. The fraction of sp³-hybridized carbons (Fsp3) is 0.367. The number of nitrogens with zero attached hydrogens (tertiary/aromatic N) is 1. The number of para-hydroxylation sites is 1. The van der Waals surface area contributed by atoms with Gasteiger partial charge in [0.2, 0.25) is 15.9 Å². The molecule has 1 aromatic heterocycles. The second-order valence-corrected chi connectivity index (χ2v) is 11.8. The number of benzene rings is 2. The van der Waals surface area contributed by atoms with Crippen LogP contribution in [0.1, 0.15) is 37.8 Å². The van der Waals surface area contributed by atoms with Crippen LogP contribution in [-0.4, -0.2) is 49.4 Å². The topological polar surface area (TPSA) is 135 Å². The van der Waals surface area contributed by atoms with Gasteiger partial charge < -0.3 is 15.2 Å². The average molecular weight is 568 g/mol. The zero-order chi connectivity index (χ0) is 29.0. The van der Waals surface area contributed by atoms with E-state index in [1.807, 2.05) is 44.2 Å². The van der Waals surface area contributed by atoms with Gasteiger partial charge in [-0.1, -0.05) is 56.3 Å². The number of ether oxygens (including phenoxy) is 1. The molecule has 0 fully saturated rings. The van der Waals surface area contributed by atoms with E-state index in [1.165, 1.54) is 6.07 Å². The Balaban J connectivity index is 1.52. The zero-order valence-corrected chi connectivity index (χ0v) is 23.6. The number of nitrogens with one attached hydrogen (secondary N) is 2. The smallest absolute Gasteiger partial charge is 0.244 e. The van der Waals surface area contributed by atoms with Gasteiger partial charge in [0, 0.05) is 44.2 Å². The molecule has 0 bridgehead atoms. The van der Waals surface area contributed by atoms with Crippen LogP contribution < -0.4 is 14.8 Å². The molecule has 0 aliphatic heterocycles. The number of sulfonamides is 1. The number of aliphatic hydroxyl groups is 1. The monoisotopic (exact) mass is 567 g/mol. The van der Waals surface area contributed by atoms with Crippen LogP contribution in [-0.2, 0) is 32.6 Å². The van der Waals surface area contributed by atoms with E-state index >= 15 is 0 Å². The second kappa shape index (κ2) is 15.3. The minimum absolute atomic E-state index is 0.0492. The van der Waals surface area contributed by atoms with Crippen molar-refractivity contribution in [3.8, 4) is 5.75 Å². The van der Waals surface area contributed by atoms with Crippen molar-refractivity contribution in [3.63, 3.8) is 0 Å². The summed E-state index contributed by atoms with van der Waals surface area (Å²) in [7, 11) is -4.00. The molecule has 1 amide bonds. The SMILES string of the molecule is CC(C)C[C@H](CC(=O)Cc1ccncc1)C(=O)NCC(O)CNS(=O)(=O)c1ccccc1OCc1ccccc1. The largest absolute Gasteiger partial charge is 0.487 e. The molecule has 0 aliphatic rings. The van der Waals surface area contributed by atoms with E-state index < -0.39 is 22.0 Å². The Morgan fingerprint density at radius 2 is 1.60 bits per heavy atom. The van der Waals surface area contributed by atoms with E-state index in [2.05, 4.69) is 15.0 Å². The molecule has 0 saturated heterocycles. The van der Waals surface area contributed by atoms with E-state index in [4.69, 9.17) is 4.74 Å². The molecule has 3 rings (SSSR count). The fourth-order valence-electron chi connectivity index (χ4n) is 4.17. The number of hydrogen-bond donors (Lipinski definition) is 3. The molecule has 0 spiro atoms. The van der Waals surface area contributed by atoms with Gasteiger partial charge in [0.25, 0.3) is 0 Å². The summed E-state index contributed by atoms with van der Waals surface area (Å²) in [4.78, 5) is 29.4. The first-order valence-electron chi connectivity index (χ1n) is 13.3. The molecule has 40 heavy (non-hydrogen) atoms. The van der Waals surface area contributed by atoms with Gasteiger partial charge in [-0.2, -0.15) is 0 Å². The highest BCUT2D eigenvalue weighted by Crippen LogP contribution is 2.24. The van der Waals surface area contributed by atoms with Crippen LogP contribution >= 0.6 is 0 Å². The summed E-state index contributed by atoms with van der Waals surface area (Å²) in [6.07, 6.45) is 2.86. The average Bonchev–Trinajstić information content (AvgIpc) is 2.94. The van der Waals surface area contributed by atoms with Crippen molar-refractivity contribution in [1.82, 2.24) is 15.0 Å². The Bertz CT molecular complexity index is 1330. The first-order valence-corrected chi connectivity index (χ1v) is 14.7. The lowest BCUT2D eigenvalue weighted by Gasteiger charge is -2.20. The maximum absolute atomic E-state index is 13.0. The Morgan fingerprint density at radius 1 is 0.925 bits per heavy atom. The number of Topliss-reactive ketones (excluding diaryl/α,β-unsaturated/α-hetero) is 1. The Hall–Kier alpha value is -3.60. The van der Waals surface area contributed by atoms with Crippen molar-refractivity contribution >= 4 is 21.7 Å². The third kappa shape index (κ3) is 10.2. The van der Waals surface area contributed by atoms with Gasteiger partial charge in [0.05, 0.1) is 6.10 Å². The molecule has 10 heteroatoms. The third-order valence-corrected chi connectivity index (χ3v) is 7.61. The number of hydrogen-bond acceptors (Lipinski definition) is 7. The minimum Gasteiger partial charge on any atom is -0.487 e. The summed E-state index contributed by atoms with van der Waals surface area (Å²) < 4.78 is 34.1. The van der Waals surface area contributed by atoms with Gasteiger partial charge >= 0.3 is 0 Å². The number of aromatic nitrogens is 1. The number of pyridine rings is 1. The van der Waals surface area contributed by atoms with Crippen LogP contribution in [0.4, 0.5) is 0 Å². The van der Waals surface area contributed by atoms with E-state index in [-0.39, 0.29) is 60.8 Å². The molecule has 1 unspecified atom stereocenters. The van der Waals surface area contributed by atoms with Crippen LogP contribution in [0, 0.1) is 11.8 Å². The van der Waals surface area contributed by atoms with Gasteiger partial charge in [0.15, 0.2) is 0 Å². The lowest BCUT2D eigenvalue weighted by molar-refractivity contribution is -0.130. The molecular formula is C30H37N3O6S. The molecule has 214 valence electrons. The number of ketones is 1. The quantitative estimate of drug-likeness (QED) is 0.242. The van der Waals surface area contributed by atoms with Crippen LogP contribution in [0.5, 0.6) is 5.75 Å². The normalized spacial score (nSPS) is 13.0. The molecular weight excluding hydrogens is 530 g/mol. The predicted molar refractivity (Wildman–Crippen MR) is 152 cm³/mol. The molecule has 3 N–H and O–H groups in total. The van der Waals surface area contributed by atoms with Crippen molar-refractivity contribution in [2.75, 3.05) is 13.1 Å². The lowest BCUT2D eigenvalue weighted by Crippen LogP contribution is -2.42. The highest BCUT2D eigenvalue weighted by Gasteiger charge is 2.25. The molecule has 0 saturated carbocycles. The van der Waals surface area contributed by atoms with Crippen LogP contribution in [0.3, 0.4) is 0 Å². The highest BCUT2D eigenvalue weighted by atomic mass is 32.2. The molecule has 9 nitrogen and oxygen atoms in total. The van der Waals surface area contributed by atoms with E-state index in [0.29, 0.717) is 6.42 Å². The van der Waals surface area contributed by atoms with Gasteiger partial charge in [0.1, 0.15) is 23.0 Å². The summed E-state index contributed by atoms with van der Waals surface area (Å²) in [5, 5.41) is 13.1. The van der Waals surface area contributed by atoms with Crippen LogP contribution in [0.2, 0.25) is 0 Å². The Kier molecular flexibility index (Phi) is 11.8. The van der Waals surface area contributed by atoms with Crippen molar-refractivity contribution < 1.29 is 27.9 Å². The highest BCUT2D eigenvalue weighted by molar-refractivity contribution is 7.89. The Labute approximate surface area is 236 Å². The van der Waals surface area contributed by atoms with Crippen LogP contribution in [0.15, 0.2) is 84.0 Å². The number of rotatable bonds is 16. The first kappa shape index (κ1) is 30.9. The molecule has 2 atom stereocenters. The number of aliphatic hydroxyl groups excluding tert-OH is 1. The first-order chi connectivity index (χ1) is 19.1. The van der Waals surface area contributed by atoms with E-state index in [9.17, 15) is 23.1 Å². The van der Waals surface area contributed by atoms with Crippen molar-refractivity contribution in [2.24, 2.45) is 11.8 Å². The van der Waals surface area contributed by atoms with Gasteiger partial charge in [-0.05, 0) is 47.7 Å². The fourth-order valence-corrected chi connectivity index (χ4v) is 5.39. The Morgan fingerprint density at radius 3 is 2.30 bits per heavy atom. The maximum atomic E-state index is 13.0. The number of amides is 1. The standard InChI is InChI=1S/C30H37N3O6S/c1-22(2)16-25(18-26(34)17-23-12-14-31-15-13-23)30(36)32-19-27(35)20-33-40(37,38)29-11-7-6-10-28(29)39-21-24-8-4-3-5-9-24/h3-15,22,25,27,33,35H,16-21H2,1-2H3,(H,32,36)/t25-,27?/m1/s1. The van der Waals surface area contributed by atoms with E-state index in [0.717, 1.165) is 11.1 Å². The second-order valence-electron chi connectivity index (χ2n) is 10.1. The predicted octanol–water partition coefficient (Wildman–Crippen LogP) is 3.28. The lowest BCUT2D eigenvalue weighted by atomic mass is 9.90. The molecule has 1 heterocycles. The zero-order valence-electron chi connectivity index (χ0n) is 22.8. The number of carbonyl (C=O) groups excluding carboxylic acids is 2. The molecule has 0 radical (unpaired) electrons. The summed E-state index contributed by atoms with van der Waals surface area (Å²) in [6.45, 7) is 3.66. The van der Waals surface area contributed by atoms with Crippen molar-refractivity contribution in [1.29, 1.82) is 0 Å². The maximum Gasteiger partial charge on any atom is 0.244 e. The number of carbonyl (C=O) groups is 2. The summed E-state index contributed by atoms with van der Waals surface area (Å²) in [5.74, 6) is -0.585. The van der Waals surface area contributed by atoms with Gasteiger partial charge in [-0.15, -0.1) is 0 Å². The molecule has 2 aromatic carbocycles. The molecule has 3 aromatic rings. The van der Waals surface area contributed by atoms with E-state index in [1.54, 1.807) is 42.7 Å². The minimum atomic E-state index is -4.00. The van der Waals surface area contributed by atoms with Crippen LogP contribution in [0.25, 0.3) is 0 Å². The van der Waals surface area contributed by atoms with Gasteiger partial charge in [-0.25, -0.2) is 13.1 Å². The summed E-state index contributed by atoms with van der Waals surface area (Å²) in [6, 6.07) is 19.2.